The van der Waals surface area contributed by atoms with E-state index in [0.717, 1.165) is 11.1 Å². The Bertz CT molecular complexity index is 577. The van der Waals surface area contributed by atoms with Gasteiger partial charge in [0.15, 0.2) is 6.61 Å². The molecule has 5 heteroatoms. The van der Waals surface area contributed by atoms with Crippen LogP contribution in [0.1, 0.15) is 16.4 Å². The third kappa shape index (κ3) is 4.93. The van der Waals surface area contributed by atoms with E-state index in [9.17, 15) is 9.59 Å². The topological polar surface area (TPSA) is 69.4 Å². The van der Waals surface area contributed by atoms with Crippen molar-refractivity contribution in [1.29, 1.82) is 0 Å². The van der Waals surface area contributed by atoms with Gasteiger partial charge in [-0.3, -0.25) is 9.59 Å². The summed E-state index contributed by atoms with van der Waals surface area (Å²) in [4.78, 5) is 22.3. The molecule has 2 aromatic carbocycles. The highest BCUT2D eigenvalue weighted by molar-refractivity contribution is 8.00. The van der Waals surface area contributed by atoms with Crippen molar-refractivity contribution in [3.05, 3.63) is 71.8 Å². The molecule has 4 nitrogen and oxygen atoms in total. The Labute approximate surface area is 133 Å². The molecule has 0 spiro atoms. The second-order valence-corrected chi connectivity index (χ2v) is 5.73. The smallest absolute Gasteiger partial charge is 0.316 e. The zero-order valence-corrected chi connectivity index (χ0v) is 12.8. The average molecular weight is 315 g/mol. The molecule has 0 aliphatic carbocycles. The zero-order valence-electron chi connectivity index (χ0n) is 12.0. The van der Waals surface area contributed by atoms with E-state index < -0.39 is 11.9 Å². The second kappa shape index (κ2) is 8.24. The standard InChI is InChI=1S/C17H17NO3S/c18-15(19)11-21-16(20)12-22-17(13-7-3-1-4-8-13)14-9-5-2-6-10-14/h1-10,17H,11-12H2,(H2,18,19). The summed E-state index contributed by atoms with van der Waals surface area (Å²) in [6.07, 6.45) is 0. The molecule has 0 aliphatic rings. The normalized spacial score (nSPS) is 10.4. The van der Waals surface area contributed by atoms with E-state index in [-0.39, 0.29) is 17.6 Å². The number of hydrogen-bond donors (Lipinski definition) is 1. The van der Waals surface area contributed by atoms with Crippen molar-refractivity contribution in [2.45, 2.75) is 5.25 Å². The number of carbonyl (C=O) groups excluding carboxylic acids is 2. The van der Waals surface area contributed by atoms with Gasteiger partial charge < -0.3 is 10.5 Å². The Morgan fingerprint density at radius 2 is 1.45 bits per heavy atom. The van der Waals surface area contributed by atoms with E-state index in [2.05, 4.69) is 0 Å². The lowest BCUT2D eigenvalue weighted by atomic mass is 10.0. The van der Waals surface area contributed by atoms with Crippen molar-refractivity contribution in [3.63, 3.8) is 0 Å². The van der Waals surface area contributed by atoms with Crippen LogP contribution in [-0.2, 0) is 14.3 Å². The Balaban J connectivity index is 2.06. The van der Waals surface area contributed by atoms with Gasteiger partial charge in [0.2, 0.25) is 0 Å². The first-order valence-corrected chi connectivity index (χ1v) is 7.87. The summed E-state index contributed by atoms with van der Waals surface area (Å²) < 4.78 is 4.79. The van der Waals surface area contributed by atoms with Gasteiger partial charge in [-0.15, -0.1) is 11.8 Å². The van der Waals surface area contributed by atoms with Gasteiger partial charge in [-0.05, 0) is 11.1 Å². The number of hydrogen-bond acceptors (Lipinski definition) is 4. The molecular formula is C17H17NO3S. The third-order valence-electron chi connectivity index (χ3n) is 2.95. The van der Waals surface area contributed by atoms with Gasteiger partial charge in [-0.2, -0.15) is 0 Å². The van der Waals surface area contributed by atoms with E-state index in [4.69, 9.17) is 10.5 Å². The molecule has 0 atom stereocenters. The molecule has 2 N–H and O–H groups in total. The summed E-state index contributed by atoms with van der Waals surface area (Å²) >= 11 is 1.46. The molecule has 0 radical (unpaired) electrons. The maximum Gasteiger partial charge on any atom is 0.316 e. The Morgan fingerprint density at radius 3 is 1.91 bits per heavy atom. The van der Waals surface area contributed by atoms with Gasteiger partial charge in [-0.25, -0.2) is 0 Å². The van der Waals surface area contributed by atoms with E-state index in [0.29, 0.717) is 0 Å². The number of amides is 1. The van der Waals surface area contributed by atoms with E-state index in [1.165, 1.54) is 11.8 Å². The predicted molar refractivity (Wildman–Crippen MR) is 87.3 cm³/mol. The van der Waals surface area contributed by atoms with Crippen LogP contribution in [0.3, 0.4) is 0 Å². The fourth-order valence-electron chi connectivity index (χ4n) is 1.99. The minimum absolute atomic E-state index is 0.0310. The van der Waals surface area contributed by atoms with Gasteiger partial charge in [0.05, 0.1) is 11.0 Å². The Hall–Kier alpha value is -2.27. The van der Waals surface area contributed by atoms with Crippen LogP contribution in [0.5, 0.6) is 0 Å². The van der Waals surface area contributed by atoms with Crippen LogP contribution in [0, 0.1) is 0 Å². The minimum atomic E-state index is -0.652. The lowest BCUT2D eigenvalue weighted by molar-refractivity contribution is -0.145. The van der Waals surface area contributed by atoms with Crippen LogP contribution in [0.25, 0.3) is 0 Å². The maximum atomic E-state index is 11.7. The molecule has 2 aromatic rings. The second-order valence-electron chi connectivity index (χ2n) is 4.64. The van der Waals surface area contributed by atoms with E-state index in [1.807, 2.05) is 60.7 Å². The molecule has 22 heavy (non-hydrogen) atoms. The first-order valence-electron chi connectivity index (χ1n) is 6.82. The van der Waals surface area contributed by atoms with Crippen molar-refractivity contribution in [1.82, 2.24) is 0 Å². The lowest BCUT2D eigenvalue weighted by Crippen LogP contribution is -2.21. The Morgan fingerprint density at radius 1 is 0.955 bits per heavy atom. The molecule has 0 aromatic heterocycles. The number of esters is 1. The summed E-state index contributed by atoms with van der Waals surface area (Å²) in [6, 6.07) is 19.9. The number of carbonyl (C=O) groups is 2. The molecule has 0 fully saturated rings. The molecule has 0 heterocycles. The van der Waals surface area contributed by atoms with Crippen LogP contribution in [0.4, 0.5) is 0 Å². The van der Waals surface area contributed by atoms with Crippen LogP contribution >= 0.6 is 11.8 Å². The molecule has 0 unspecified atom stereocenters. The highest BCUT2D eigenvalue weighted by Gasteiger charge is 2.17. The van der Waals surface area contributed by atoms with Gasteiger partial charge in [0.1, 0.15) is 0 Å². The van der Waals surface area contributed by atoms with Crippen molar-refractivity contribution >= 4 is 23.6 Å². The monoisotopic (exact) mass is 315 g/mol. The molecule has 1 amide bonds. The number of nitrogens with two attached hydrogens (primary N) is 1. The highest BCUT2D eigenvalue weighted by Crippen LogP contribution is 2.35. The summed E-state index contributed by atoms with van der Waals surface area (Å²) in [5.74, 6) is -0.941. The van der Waals surface area contributed by atoms with Crippen LogP contribution in [0.2, 0.25) is 0 Å². The lowest BCUT2D eigenvalue weighted by Gasteiger charge is -2.17. The fourth-order valence-corrected chi connectivity index (χ4v) is 3.07. The molecule has 0 aliphatic heterocycles. The zero-order chi connectivity index (χ0) is 15.8. The number of benzene rings is 2. The number of primary amides is 1. The quantitative estimate of drug-likeness (QED) is 0.797. The van der Waals surface area contributed by atoms with Crippen LogP contribution in [-0.4, -0.2) is 24.2 Å². The minimum Gasteiger partial charge on any atom is -0.455 e. The Kier molecular flexibility index (Phi) is 6.03. The SMILES string of the molecule is NC(=O)COC(=O)CSC(c1ccccc1)c1ccccc1. The average Bonchev–Trinajstić information content (AvgIpc) is 2.55. The van der Waals surface area contributed by atoms with E-state index in [1.54, 1.807) is 0 Å². The molecule has 0 saturated carbocycles. The largest absolute Gasteiger partial charge is 0.455 e. The maximum absolute atomic E-state index is 11.7. The summed E-state index contributed by atoms with van der Waals surface area (Å²) in [5.41, 5.74) is 7.18. The number of thioether (sulfide) groups is 1. The van der Waals surface area contributed by atoms with Crippen molar-refractivity contribution in [2.24, 2.45) is 5.73 Å². The molecule has 114 valence electrons. The van der Waals surface area contributed by atoms with Gasteiger partial charge in [0.25, 0.3) is 5.91 Å². The molecular weight excluding hydrogens is 298 g/mol. The molecule has 0 saturated heterocycles. The molecule has 2 rings (SSSR count). The van der Waals surface area contributed by atoms with E-state index >= 15 is 0 Å². The first-order chi connectivity index (χ1) is 10.7. The summed E-state index contributed by atoms with van der Waals surface area (Å²) in [7, 11) is 0. The third-order valence-corrected chi connectivity index (χ3v) is 4.23. The van der Waals surface area contributed by atoms with Gasteiger partial charge >= 0.3 is 5.97 Å². The summed E-state index contributed by atoms with van der Waals surface area (Å²) in [5, 5.41) is 0.0310. The van der Waals surface area contributed by atoms with Crippen molar-refractivity contribution in [2.75, 3.05) is 12.4 Å². The highest BCUT2D eigenvalue weighted by atomic mass is 32.2. The number of ether oxygens (including phenoxy) is 1. The van der Waals surface area contributed by atoms with Gasteiger partial charge in [-0.1, -0.05) is 60.7 Å². The number of rotatable bonds is 7. The first kappa shape index (κ1) is 16.1. The molecule has 0 bridgehead atoms. The van der Waals surface area contributed by atoms with Crippen molar-refractivity contribution < 1.29 is 14.3 Å². The predicted octanol–water partition coefficient (Wildman–Crippen LogP) is 2.54. The summed E-state index contributed by atoms with van der Waals surface area (Å²) in [6.45, 7) is -0.374. The fraction of sp³-hybridized carbons (Fsp3) is 0.176. The van der Waals surface area contributed by atoms with Gasteiger partial charge in [0, 0.05) is 0 Å². The van der Waals surface area contributed by atoms with Crippen LogP contribution in [0.15, 0.2) is 60.7 Å². The van der Waals surface area contributed by atoms with Crippen molar-refractivity contribution in [3.8, 4) is 0 Å². The van der Waals surface area contributed by atoms with Crippen LogP contribution < -0.4 is 5.73 Å².